The summed E-state index contributed by atoms with van der Waals surface area (Å²) in [6.45, 7) is 1.82. The topological polar surface area (TPSA) is 116 Å². The van der Waals surface area contributed by atoms with Crippen molar-refractivity contribution in [3.8, 4) is 5.75 Å². The van der Waals surface area contributed by atoms with Crippen molar-refractivity contribution in [2.24, 2.45) is 0 Å². The van der Waals surface area contributed by atoms with Crippen LogP contribution in [0, 0.1) is 10.1 Å². The molecule has 132 valence electrons. The van der Waals surface area contributed by atoms with Gasteiger partial charge in [0.05, 0.1) is 32.5 Å². The summed E-state index contributed by atoms with van der Waals surface area (Å²) in [6.07, 6.45) is -0.703. The first kappa shape index (κ1) is 19.4. The first-order chi connectivity index (χ1) is 11.4. The van der Waals surface area contributed by atoms with Crippen LogP contribution in [-0.2, 0) is 14.3 Å². The van der Waals surface area contributed by atoms with Crippen molar-refractivity contribution >= 4 is 11.9 Å². The van der Waals surface area contributed by atoms with Gasteiger partial charge in [-0.15, -0.1) is 0 Å². The van der Waals surface area contributed by atoms with Gasteiger partial charge in [0.15, 0.2) is 0 Å². The molecule has 8 heteroatoms. The standard InChI is InChI=1S/C16H21NO7/c1-3-24-16(20)10-13(11-4-6-12(23-2)7-5-11)14(17(21)22)8-9-15(18)19/h4-7,13-14H,3,8-10H2,1-2H3,(H,18,19). The van der Waals surface area contributed by atoms with E-state index in [1.165, 1.54) is 7.11 Å². The zero-order valence-corrected chi connectivity index (χ0v) is 13.6. The molecule has 0 radical (unpaired) electrons. The number of carboxylic acid groups (broad SMARTS) is 1. The maximum absolute atomic E-state index is 11.8. The van der Waals surface area contributed by atoms with E-state index in [0.29, 0.717) is 11.3 Å². The first-order valence-electron chi connectivity index (χ1n) is 7.53. The molecule has 0 spiro atoms. The van der Waals surface area contributed by atoms with Gasteiger partial charge in [0, 0.05) is 11.3 Å². The Labute approximate surface area is 139 Å². The number of benzene rings is 1. The summed E-state index contributed by atoms with van der Waals surface area (Å²) in [4.78, 5) is 33.5. The van der Waals surface area contributed by atoms with Crippen molar-refractivity contribution in [1.29, 1.82) is 0 Å². The lowest BCUT2D eigenvalue weighted by Gasteiger charge is -2.20. The van der Waals surface area contributed by atoms with Crippen molar-refractivity contribution in [1.82, 2.24) is 0 Å². The lowest BCUT2D eigenvalue weighted by Crippen LogP contribution is -2.30. The number of hydrogen-bond acceptors (Lipinski definition) is 6. The Morgan fingerprint density at radius 3 is 2.38 bits per heavy atom. The molecular formula is C16H21NO7. The molecule has 1 aromatic carbocycles. The molecule has 8 nitrogen and oxygen atoms in total. The summed E-state index contributed by atoms with van der Waals surface area (Å²) in [7, 11) is 1.50. The maximum atomic E-state index is 11.8. The predicted molar refractivity (Wildman–Crippen MR) is 84.6 cm³/mol. The summed E-state index contributed by atoms with van der Waals surface area (Å²) in [5.74, 6) is -1.87. The zero-order valence-electron chi connectivity index (χ0n) is 13.6. The van der Waals surface area contributed by atoms with Crippen LogP contribution in [0.4, 0.5) is 0 Å². The van der Waals surface area contributed by atoms with Gasteiger partial charge in [-0.2, -0.15) is 0 Å². The highest BCUT2D eigenvalue weighted by atomic mass is 16.6. The van der Waals surface area contributed by atoms with Crippen molar-refractivity contribution < 1.29 is 29.1 Å². The number of nitrogens with zero attached hydrogens (tertiary/aromatic N) is 1. The third-order valence-electron chi connectivity index (χ3n) is 3.63. The van der Waals surface area contributed by atoms with Crippen molar-refractivity contribution in [3.05, 3.63) is 39.9 Å². The Hall–Kier alpha value is -2.64. The number of aliphatic carboxylic acids is 1. The Morgan fingerprint density at radius 2 is 1.92 bits per heavy atom. The number of ether oxygens (including phenoxy) is 2. The number of carboxylic acids is 1. The summed E-state index contributed by atoms with van der Waals surface area (Å²) >= 11 is 0. The Bertz CT molecular complexity index is 570. The molecule has 1 N–H and O–H groups in total. The number of methoxy groups -OCH3 is 1. The normalized spacial score (nSPS) is 12.9. The Kier molecular flexibility index (Phi) is 7.67. The quantitative estimate of drug-likeness (QED) is 0.395. The molecule has 0 saturated heterocycles. The molecule has 2 unspecified atom stereocenters. The number of nitro groups is 1. The second-order valence-electron chi connectivity index (χ2n) is 5.17. The van der Waals surface area contributed by atoms with Crippen LogP contribution in [0.5, 0.6) is 5.75 Å². The SMILES string of the molecule is CCOC(=O)CC(c1ccc(OC)cc1)C(CCC(=O)O)[N+](=O)[O-]. The minimum Gasteiger partial charge on any atom is -0.497 e. The van der Waals surface area contributed by atoms with Gasteiger partial charge in [0.1, 0.15) is 5.75 Å². The van der Waals surface area contributed by atoms with E-state index in [9.17, 15) is 19.7 Å². The molecule has 1 rings (SSSR count). The molecule has 2 atom stereocenters. The van der Waals surface area contributed by atoms with Crippen molar-refractivity contribution in [3.63, 3.8) is 0 Å². The molecule has 0 aliphatic carbocycles. The highest BCUT2D eigenvalue weighted by Crippen LogP contribution is 2.30. The van der Waals surface area contributed by atoms with E-state index in [1.54, 1.807) is 31.2 Å². The molecule has 0 aliphatic rings. The average Bonchev–Trinajstić information content (AvgIpc) is 2.53. The fourth-order valence-electron chi connectivity index (χ4n) is 2.45. The van der Waals surface area contributed by atoms with Gasteiger partial charge in [-0.1, -0.05) is 12.1 Å². The molecule has 0 heterocycles. The number of carbonyl (C=O) groups excluding carboxylic acids is 1. The van der Waals surface area contributed by atoms with Crippen molar-refractivity contribution in [2.45, 2.75) is 38.1 Å². The average molecular weight is 339 g/mol. The van der Waals surface area contributed by atoms with E-state index < -0.39 is 28.8 Å². The van der Waals surface area contributed by atoms with E-state index in [0.717, 1.165) is 0 Å². The minimum atomic E-state index is -1.20. The second kappa shape index (κ2) is 9.49. The predicted octanol–water partition coefficient (Wildman–Crippen LogP) is 2.24. The van der Waals surface area contributed by atoms with Gasteiger partial charge in [0.25, 0.3) is 0 Å². The zero-order chi connectivity index (χ0) is 18.1. The molecule has 0 aliphatic heterocycles. The molecule has 0 saturated carbocycles. The lowest BCUT2D eigenvalue weighted by atomic mass is 9.86. The maximum Gasteiger partial charge on any atom is 0.306 e. The van der Waals surface area contributed by atoms with Crippen LogP contribution in [0.25, 0.3) is 0 Å². The van der Waals surface area contributed by atoms with E-state index in [4.69, 9.17) is 14.6 Å². The van der Waals surface area contributed by atoms with Crippen molar-refractivity contribution in [2.75, 3.05) is 13.7 Å². The van der Waals surface area contributed by atoms with Gasteiger partial charge >= 0.3 is 11.9 Å². The van der Waals surface area contributed by atoms with Crippen LogP contribution < -0.4 is 4.74 Å². The highest BCUT2D eigenvalue weighted by Gasteiger charge is 2.35. The van der Waals surface area contributed by atoms with Crippen LogP contribution in [0.2, 0.25) is 0 Å². The van der Waals surface area contributed by atoms with Crippen LogP contribution in [-0.4, -0.2) is 41.7 Å². The van der Waals surface area contributed by atoms with E-state index in [1.807, 2.05) is 0 Å². The van der Waals surface area contributed by atoms with Crippen LogP contribution in [0.1, 0.15) is 37.7 Å². The van der Waals surface area contributed by atoms with E-state index >= 15 is 0 Å². The molecule has 1 aromatic rings. The molecule has 0 fully saturated rings. The molecular weight excluding hydrogens is 318 g/mol. The summed E-state index contributed by atoms with van der Waals surface area (Å²) in [5, 5.41) is 20.2. The number of hydrogen-bond donors (Lipinski definition) is 1. The second-order valence-corrected chi connectivity index (χ2v) is 5.17. The number of esters is 1. The number of rotatable bonds is 10. The van der Waals surface area contributed by atoms with E-state index in [2.05, 4.69) is 0 Å². The highest BCUT2D eigenvalue weighted by molar-refractivity contribution is 5.71. The van der Waals surface area contributed by atoms with Gasteiger partial charge in [-0.05, 0) is 24.6 Å². The molecule has 24 heavy (non-hydrogen) atoms. The van der Waals surface area contributed by atoms with Gasteiger partial charge in [0.2, 0.25) is 6.04 Å². The summed E-state index contributed by atoms with van der Waals surface area (Å²) < 4.78 is 9.94. The smallest absolute Gasteiger partial charge is 0.306 e. The third-order valence-corrected chi connectivity index (χ3v) is 3.63. The Morgan fingerprint density at radius 1 is 1.29 bits per heavy atom. The molecule has 0 amide bonds. The Balaban J connectivity index is 3.10. The van der Waals surface area contributed by atoms with Gasteiger partial charge in [-0.3, -0.25) is 19.7 Å². The van der Waals surface area contributed by atoms with Crippen LogP contribution in [0.3, 0.4) is 0 Å². The van der Waals surface area contributed by atoms with Gasteiger partial charge < -0.3 is 14.6 Å². The van der Waals surface area contributed by atoms with Crippen LogP contribution >= 0.6 is 0 Å². The third kappa shape index (κ3) is 5.86. The monoisotopic (exact) mass is 339 g/mol. The summed E-state index contributed by atoms with van der Waals surface area (Å²) in [6, 6.07) is 5.36. The largest absolute Gasteiger partial charge is 0.497 e. The fraction of sp³-hybridized carbons (Fsp3) is 0.500. The van der Waals surface area contributed by atoms with Crippen LogP contribution in [0.15, 0.2) is 24.3 Å². The fourth-order valence-corrected chi connectivity index (χ4v) is 2.45. The molecule has 0 aromatic heterocycles. The van der Waals surface area contributed by atoms with E-state index in [-0.39, 0.29) is 25.9 Å². The summed E-state index contributed by atoms with van der Waals surface area (Å²) in [5.41, 5.74) is 0.566. The first-order valence-corrected chi connectivity index (χ1v) is 7.53. The van der Waals surface area contributed by atoms with Gasteiger partial charge in [-0.25, -0.2) is 0 Å². The molecule has 0 bridgehead atoms. The number of carbonyl (C=O) groups is 2. The minimum absolute atomic E-state index is 0.168. The lowest BCUT2D eigenvalue weighted by molar-refractivity contribution is -0.527.